The van der Waals surface area contributed by atoms with Crippen molar-refractivity contribution in [1.82, 2.24) is 4.98 Å². The van der Waals surface area contributed by atoms with Gasteiger partial charge in [-0.1, -0.05) is 43.6 Å². The molecule has 0 saturated carbocycles. The van der Waals surface area contributed by atoms with Crippen molar-refractivity contribution in [2.75, 3.05) is 23.3 Å². The van der Waals surface area contributed by atoms with E-state index in [1.807, 2.05) is 18.2 Å². The third-order valence-electron chi connectivity index (χ3n) is 5.59. The van der Waals surface area contributed by atoms with E-state index in [9.17, 15) is 5.11 Å². The molecule has 0 unspecified atom stereocenters. The smallest absolute Gasteiger partial charge is 0.0964 e. The zero-order chi connectivity index (χ0) is 21.8. The van der Waals surface area contributed by atoms with E-state index in [4.69, 9.17) is 11.6 Å². The van der Waals surface area contributed by atoms with Crippen LogP contribution >= 0.6 is 23.4 Å². The van der Waals surface area contributed by atoms with Crippen molar-refractivity contribution < 1.29 is 5.11 Å². The van der Waals surface area contributed by atoms with Crippen molar-refractivity contribution in [3.05, 3.63) is 76.9 Å². The van der Waals surface area contributed by atoms with Crippen molar-refractivity contribution in [2.24, 2.45) is 0 Å². The number of aliphatic hydroxyl groups is 1. The van der Waals surface area contributed by atoms with Gasteiger partial charge >= 0.3 is 0 Å². The predicted molar refractivity (Wildman–Crippen MR) is 132 cm³/mol. The fraction of sp³-hybridized carbons (Fsp3) is 0.320. The molecule has 0 aliphatic carbocycles. The average molecular weight is 454 g/mol. The number of anilines is 3. The molecule has 1 atom stereocenters. The summed E-state index contributed by atoms with van der Waals surface area (Å²) in [6, 6.07) is 18.5. The fourth-order valence-electron chi connectivity index (χ4n) is 4.01. The van der Waals surface area contributed by atoms with Crippen LogP contribution in [-0.4, -0.2) is 28.4 Å². The number of nitrogens with one attached hydrogen (secondary N) is 1. The van der Waals surface area contributed by atoms with Gasteiger partial charge in [-0.15, -0.1) is 11.8 Å². The number of rotatable bonds is 7. The second kappa shape index (κ2) is 9.94. The maximum absolute atomic E-state index is 10.1. The molecule has 1 aromatic heterocycles. The van der Waals surface area contributed by atoms with Crippen LogP contribution in [0.5, 0.6) is 0 Å². The average Bonchev–Trinajstić information content (AvgIpc) is 3.23. The van der Waals surface area contributed by atoms with E-state index in [1.165, 1.54) is 5.56 Å². The van der Waals surface area contributed by atoms with Crippen LogP contribution in [0.1, 0.15) is 37.3 Å². The van der Waals surface area contributed by atoms with Crippen molar-refractivity contribution in [1.29, 1.82) is 0 Å². The number of nitrogens with zero attached hydrogens (tertiary/aromatic N) is 2. The fourth-order valence-corrected chi connectivity index (χ4v) is 5.21. The van der Waals surface area contributed by atoms with Gasteiger partial charge in [0, 0.05) is 47.2 Å². The molecule has 162 valence electrons. The molecule has 1 saturated heterocycles. The molecule has 1 aliphatic rings. The maximum Gasteiger partial charge on any atom is 0.0964 e. The molecule has 2 aromatic carbocycles. The van der Waals surface area contributed by atoms with E-state index in [1.54, 1.807) is 18.0 Å². The zero-order valence-electron chi connectivity index (χ0n) is 17.9. The summed E-state index contributed by atoms with van der Waals surface area (Å²) in [5.74, 6) is 0.439. The summed E-state index contributed by atoms with van der Waals surface area (Å²) in [6.45, 7) is 6.32. The number of pyridine rings is 1. The molecular weight excluding hydrogens is 426 g/mol. The van der Waals surface area contributed by atoms with Crippen molar-refractivity contribution in [2.45, 2.75) is 43.1 Å². The molecule has 6 heteroatoms. The summed E-state index contributed by atoms with van der Waals surface area (Å²) < 4.78 is 0. The Balaban J connectivity index is 1.47. The number of hydrogen-bond acceptors (Lipinski definition) is 5. The van der Waals surface area contributed by atoms with Crippen molar-refractivity contribution in [3.8, 4) is 0 Å². The van der Waals surface area contributed by atoms with Crippen LogP contribution in [0.2, 0.25) is 5.02 Å². The molecule has 4 rings (SSSR count). The van der Waals surface area contributed by atoms with E-state index in [2.05, 4.69) is 65.4 Å². The van der Waals surface area contributed by atoms with Gasteiger partial charge in [-0.25, -0.2) is 4.98 Å². The monoisotopic (exact) mass is 453 g/mol. The predicted octanol–water partition coefficient (Wildman–Crippen LogP) is 6.47. The number of thioether (sulfide) groups is 1. The molecule has 1 aliphatic heterocycles. The summed E-state index contributed by atoms with van der Waals surface area (Å²) in [7, 11) is 0. The highest BCUT2D eigenvalue weighted by molar-refractivity contribution is 7.99. The van der Waals surface area contributed by atoms with Gasteiger partial charge in [-0.05, 0) is 54.3 Å². The first-order valence-electron chi connectivity index (χ1n) is 10.7. The number of hydrogen-bond donors (Lipinski definition) is 2. The molecule has 2 N–H and O–H groups in total. The lowest BCUT2D eigenvalue weighted by atomic mass is 10.0. The lowest BCUT2D eigenvalue weighted by molar-refractivity contribution is 0.282. The number of aromatic nitrogens is 1. The molecular formula is C25H28ClN3OS. The summed E-state index contributed by atoms with van der Waals surface area (Å²) in [5, 5.41) is 15.7. The van der Waals surface area contributed by atoms with Crippen LogP contribution in [0.15, 0.2) is 65.8 Å². The Labute approximate surface area is 193 Å². The standard InChI is InChI=1S/C25H28ClN3OS/c1-17(2)22-5-3-4-6-23(22)28-20-8-9-24(18(13-20)16-30)29-12-11-21(15-29)31-25-10-7-19(26)14-27-25/h3-10,13-14,17,21,28,30H,11-12,15-16H2,1-2H3/t21-/m0/s1. The van der Waals surface area contributed by atoms with Crippen molar-refractivity contribution >= 4 is 40.4 Å². The quantitative estimate of drug-likeness (QED) is 0.429. The van der Waals surface area contributed by atoms with Gasteiger partial charge in [0.15, 0.2) is 0 Å². The summed E-state index contributed by atoms with van der Waals surface area (Å²) in [6.07, 6.45) is 2.78. The highest BCUT2D eigenvalue weighted by Gasteiger charge is 2.25. The Hall–Kier alpha value is -2.21. The number of benzene rings is 2. The normalized spacial score (nSPS) is 16.2. The first kappa shape index (κ1) is 22.0. The molecule has 3 aromatic rings. The third-order valence-corrected chi connectivity index (χ3v) is 7.01. The molecule has 2 heterocycles. The van der Waals surface area contributed by atoms with Gasteiger partial charge in [0.2, 0.25) is 0 Å². The minimum absolute atomic E-state index is 0.0176. The minimum Gasteiger partial charge on any atom is -0.392 e. The summed E-state index contributed by atoms with van der Waals surface area (Å²) in [4.78, 5) is 6.77. The van der Waals surface area contributed by atoms with E-state index in [0.29, 0.717) is 16.2 Å². The number of aliphatic hydroxyl groups excluding tert-OH is 1. The van der Waals surface area contributed by atoms with Gasteiger partial charge in [-0.2, -0.15) is 0 Å². The maximum atomic E-state index is 10.1. The first-order chi connectivity index (χ1) is 15.0. The molecule has 4 nitrogen and oxygen atoms in total. The van der Waals surface area contributed by atoms with Crippen LogP contribution in [0.4, 0.5) is 17.1 Å². The molecule has 0 amide bonds. The topological polar surface area (TPSA) is 48.4 Å². The summed E-state index contributed by atoms with van der Waals surface area (Å²) >= 11 is 7.74. The molecule has 1 fully saturated rings. The Bertz CT molecular complexity index is 1030. The Kier molecular flexibility index (Phi) is 7.06. The van der Waals surface area contributed by atoms with Gasteiger partial charge in [0.05, 0.1) is 16.7 Å². The van der Waals surface area contributed by atoms with E-state index in [0.717, 1.165) is 47.2 Å². The van der Waals surface area contributed by atoms with Crippen LogP contribution in [-0.2, 0) is 6.61 Å². The van der Waals surface area contributed by atoms with Gasteiger partial charge in [-0.3, -0.25) is 0 Å². The van der Waals surface area contributed by atoms with Crippen LogP contribution in [0.25, 0.3) is 0 Å². The van der Waals surface area contributed by atoms with Crippen molar-refractivity contribution in [3.63, 3.8) is 0 Å². The minimum atomic E-state index is 0.0176. The van der Waals surface area contributed by atoms with Crippen LogP contribution < -0.4 is 10.2 Å². The van der Waals surface area contributed by atoms with E-state index in [-0.39, 0.29) is 6.61 Å². The second-order valence-corrected chi connectivity index (χ2v) is 9.91. The van der Waals surface area contributed by atoms with E-state index >= 15 is 0 Å². The molecule has 31 heavy (non-hydrogen) atoms. The lowest BCUT2D eigenvalue weighted by Crippen LogP contribution is -2.21. The molecule has 0 bridgehead atoms. The van der Waals surface area contributed by atoms with E-state index < -0.39 is 0 Å². The van der Waals surface area contributed by atoms with Gasteiger partial charge < -0.3 is 15.3 Å². The molecule has 0 spiro atoms. The van der Waals surface area contributed by atoms with Crippen LogP contribution in [0.3, 0.4) is 0 Å². The zero-order valence-corrected chi connectivity index (χ0v) is 19.5. The highest BCUT2D eigenvalue weighted by Crippen LogP contribution is 2.35. The highest BCUT2D eigenvalue weighted by atomic mass is 35.5. The lowest BCUT2D eigenvalue weighted by Gasteiger charge is -2.23. The van der Waals surface area contributed by atoms with Gasteiger partial charge in [0.25, 0.3) is 0 Å². The number of halogens is 1. The summed E-state index contributed by atoms with van der Waals surface area (Å²) in [5.41, 5.74) is 5.45. The number of para-hydroxylation sites is 1. The Morgan fingerprint density at radius 1 is 1.19 bits per heavy atom. The van der Waals surface area contributed by atoms with Crippen LogP contribution in [0, 0.1) is 0 Å². The SMILES string of the molecule is CC(C)c1ccccc1Nc1ccc(N2CC[C@H](Sc3ccc(Cl)cn3)C2)c(CO)c1. The first-order valence-corrected chi connectivity index (χ1v) is 11.9. The Morgan fingerprint density at radius 2 is 2.03 bits per heavy atom. The largest absolute Gasteiger partial charge is 0.392 e. The van der Waals surface area contributed by atoms with Gasteiger partial charge in [0.1, 0.15) is 0 Å². The Morgan fingerprint density at radius 3 is 2.77 bits per heavy atom. The third kappa shape index (κ3) is 5.35. The second-order valence-electron chi connectivity index (χ2n) is 8.16. The molecule has 0 radical (unpaired) electrons.